The van der Waals surface area contributed by atoms with Crippen LogP contribution in [0.1, 0.15) is 5.56 Å². The second-order valence-corrected chi connectivity index (χ2v) is 7.87. The minimum Gasteiger partial charge on any atom is -0.484 e. The molecule has 0 aliphatic heterocycles. The van der Waals surface area contributed by atoms with Crippen LogP contribution in [0, 0.1) is 5.82 Å². The predicted molar refractivity (Wildman–Crippen MR) is 127 cm³/mol. The summed E-state index contributed by atoms with van der Waals surface area (Å²) in [5.74, 6) is -0.679. The lowest BCUT2D eigenvalue weighted by atomic mass is 10.2. The average Bonchev–Trinajstić information content (AvgIpc) is 2.80. The van der Waals surface area contributed by atoms with E-state index in [9.17, 15) is 14.0 Å². The molecule has 170 valence electrons. The van der Waals surface area contributed by atoms with Gasteiger partial charge in [-0.2, -0.15) is 5.10 Å². The fourth-order valence-electron chi connectivity index (χ4n) is 2.50. The Kier molecular flexibility index (Phi) is 8.79. The average molecular weight is 535 g/mol. The highest BCUT2D eigenvalue weighted by Gasteiger charge is 2.09. The van der Waals surface area contributed by atoms with Crippen LogP contribution in [0.4, 0.5) is 10.1 Å². The number of para-hydroxylation sites is 1. The van der Waals surface area contributed by atoms with Crippen molar-refractivity contribution in [3.63, 3.8) is 0 Å². The summed E-state index contributed by atoms with van der Waals surface area (Å²) in [6.45, 7) is -0.544. The third-order valence-electron chi connectivity index (χ3n) is 4.05. The number of halogens is 3. The van der Waals surface area contributed by atoms with Crippen molar-refractivity contribution in [2.75, 3.05) is 18.5 Å². The Morgan fingerprint density at radius 1 is 1.00 bits per heavy atom. The van der Waals surface area contributed by atoms with Gasteiger partial charge in [0.1, 0.15) is 17.3 Å². The van der Waals surface area contributed by atoms with Crippen molar-refractivity contribution in [1.29, 1.82) is 0 Å². The first kappa shape index (κ1) is 24.2. The van der Waals surface area contributed by atoms with Crippen molar-refractivity contribution >= 4 is 51.2 Å². The lowest BCUT2D eigenvalue weighted by Gasteiger charge is -2.09. The molecule has 0 heterocycles. The summed E-state index contributed by atoms with van der Waals surface area (Å²) in [4.78, 5) is 23.8. The van der Waals surface area contributed by atoms with E-state index in [0.29, 0.717) is 11.3 Å². The van der Waals surface area contributed by atoms with Crippen LogP contribution >= 0.6 is 27.5 Å². The number of nitrogens with zero attached hydrogens (tertiary/aromatic N) is 1. The van der Waals surface area contributed by atoms with Crippen molar-refractivity contribution in [3.05, 3.63) is 87.6 Å². The van der Waals surface area contributed by atoms with Gasteiger partial charge < -0.3 is 14.8 Å². The maximum atomic E-state index is 13.6. The van der Waals surface area contributed by atoms with Gasteiger partial charge in [0, 0.05) is 4.47 Å². The normalized spacial score (nSPS) is 10.6. The highest BCUT2D eigenvalue weighted by atomic mass is 79.9. The first-order chi connectivity index (χ1) is 15.9. The number of hydrogen-bond donors (Lipinski definition) is 2. The van der Waals surface area contributed by atoms with Gasteiger partial charge in [0.25, 0.3) is 11.8 Å². The maximum absolute atomic E-state index is 13.6. The summed E-state index contributed by atoms with van der Waals surface area (Å²) in [5, 5.41) is 6.51. The molecule has 0 spiro atoms. The van der Waals surface area contributed by atoms with Gasteiger partial charge in [-0.1, -0.05) is 39.7 Å². The van der Waals surface area contributed by atoms with Crippen LogP contribution in [0.25, 0.3) is 0 Å². The van der Waals surface area contributed by atoms with Crippen LogP contribution < -0.4 is 20.2 Å². The number of nitrogens with one attached hydrogen (secondary N) is 2. The van der Waals surface area contributed by atoms with Crippen LogP contribution in [0.2, 0.25) is 5.02 Å². The van der Waals surface area contributed by atoms with Crippen LogP contribution in [-0.2, 0) is 9.59 Å². The van der Waals surface area contributed by atoms with Gasteiger partial charge in [0.2, 0.25) is 0 Å². The molecule has 0 aliphatic rings. The molecular weight excluding hydrogens is 517 g/mol. The summed E-state index contributed by atoms with van der Waals surface area (Å²) in [5.41, 5.74) is 3.01. The van der Waals surface area contributed by atoms with Crippen LogP contribution in [-0.4, -0.2) is 31.2 Å². The quantitative estimate of drug-likeness (QED) is 0.305. The number of amides is 2. The Morgan fingerprint density at radius 2 is 1.73 bits per heavy atom. The van der Waals surface area contributed by atoms with Crippen LogP contribution in [0.3, 0.4) is 0 Å². The molecule has 0 aromatic heterocycles. The van der Waals surface area contributed by atoms with Gasteiger partial charge in [-0.15, -0.1) is 0 Å². The first-order valence-corrected chi connectivity index (χ1v) is 10.7. The SMILES string of the molecule is O=C(COc1ccc(Br)cc1)N/N=C\c1ccc(OCC(=O)Nc2ccccc2F)c(Cl)c1. The summed E-state index contributed by atoms with van der Waals surface area (Å²) in [7, 11) is 0. The van der Waals surface area contributed by atoms with Gasteiger partial charge in [0.05, 0.1) is 16.9 Å². The van der Waals surface area contributed by atoms with Crippen molar-refractivity contribution in [2.45, 2.75) is 0 Å². The van der Waals surface area contributed by atoms with Crippen LogP contribution in [0.15, 0.2) is 76.3 Å². The highest BCUT2D eigenvalue weighted by molar-refractivity contribution is 9.10. The molecule has 0 saturated carbocycles. The summed E-state index contributed by atoms with van der Waals surface area (Å²) < 4.78 is 25.2. The van der Waals surface area contributed by atoms with Gasteiger partial charge in [-0.3, -0.25) is 9.59 Å². The Morgan fingerprint density at radius 3 is 2.45 bits per heavy atom. The molecule has 0 aliphatic carbocycles. The predicted octanol–water partition coefficient (Wildman–Crippen LogP) is 4.79. The largest absolute Gasteiger partial charge is 0.484 e. The number of hydrazone groups is 1. The zero-order valence-corrected chi connectivity index (χ0v) is 19.4. The number of carbonyl (C=O) groups excluding carboxylic acids is 2. The van der Waals surface area contributed by atoms with E-state index in [0.717, 1.165) is 4.47 Å². The number of carbonyl (C=O) groups is 2. The monoisotopic (exact) mass is 533 g/mol. The van der Waals surface area contributed by atoms with Crippen molar-refractivity contribution in [3.8, 4) is 11.5 Å². The molecule has 2 amide bonds. The molecule has 0 radical (unpaired) electrons. The fourth-order valence-corrected chi connectivity index (χ4v) is 3.01. The molecule has 2 N–H and O–H groups in total. The van der Waals surface area contributed by atoms with Crippen molar-refractivity contribution < 1.29 is 23.5 Å². The molecule has 10 heteroatoms. The van der Waals surface area contributed by atoms with Gasteiger partial charge in [-0.25, -0.2) is 9.82 Å². The summed E-state index contributed by atoms with van der Waals surface area (Å²) >= 11 is 9.50. The minimum atomic E-state index is -0.542. The molecular formula is C23H18BrClFN3O4. The van der Waals surface area contributed by atoms with E-state index >= 15 is 0 Å². The van der Waals surface area contributed by atoms with Gasteiger partial charge in [-0.05, 0) is 60.2 Å². The standard InChI is InChI=1S/C23H18BrClFN3O4/c24-16-6-8-17(9-7-16)32-14-23(31)29-27-12-15-5-10-21(18(25)11-15)33-13-22(30)28-20-4-2-1-3-19(20)26/h1-12H,13-14H2,(H,28,30)(H,29,31)/b27-12-. The van der Waals surface area contributed by atoms with E-state index in [1.807, 2.05) is 0 Å². The lowest BCUT2D eigenvalue weighted by Crippen LogP contribution is -2.24. The second kappa shape index (κ2) is 12.0. The van der Waals surface area contributed by atoms with E-state index in [-0.39, 0.29) is 29.7 Å². The van der Waals surface area contributed by atoms with Crippen LogP contribution in [0.5, 0.6) is 11.5 Å². The van der Waals surface area contributed by atoms with Gasteiger partial charge in [0.15, 0.2) is 13.2 Å². The topological polar surface area (TPSA) is 89.0 Å². The molecule has 33 heavy (non-hydrogen) atoms. The summed E-state index contributed by atoms with van der Waals surface area (Å²) in [6, 6.07) is 17.6. The van der Waals surface area contributed by atoms with E-state index in [1.165, 1.54) is 24.4 Å². The Hall–Kier alpha value is -3.43. The molecule has 0 unspecified atom stereocenters. The zero-order chi connectivity index (χ0) is 23.6. The Balaban J connectivity index is 1.44. The van der Waals surface area contributed by atoms with Crippen molar-refractivity contribution in [2.24, 2.45) is 5.10 Å². The third kappa shape index (κ3) is 7.89. The van der Waals surface area contributed by atoms with E-state index in [1.54, 1.807) is 48.5 Å². The Bertz CT molecular complexity index is 1160. The molecule has 3 aromatic rings. The van der Waals surface area contributed by atoms with Crippen molar-refractivity contribution in [1.82, 2.24) is 5.43 Å². The number of anilines is 1. The molecule has 3 rings (SSSR count). The first-order valence-electron chi connectivity index (χ1n) is 9.58. The molecule has 7 nitrogen and oxygen atoms in total. The minimum absolute atomic E-state index is 0.0630. The molecule has 0 fully saturated rings. The number of rotatable bonds is 9. The molecule has 3 aromatic carbocycles. The molecule has 0 bridgehead atoms. The zero-order valence-electron chi connectivity index (χ0n) is 17.1. The third-order valence-corrected chi connectivity index (χ3v) is 4.87. The second-order valence-electron chi connectivity index (χ2n) is 6.54. The van der Waals surface area contributed by atoms with E-state index in [4.69, 9.17) is 21.1 Å². The Labute approximate surface area is 202 Å². The van der Waals surface area contributed by atoms with Gasteiger partial charge >= 0.3 is 0 Å². The highest BCUT2D eigenvalue weighted by Crippen LogP contribution is 2.25. The molecule has 0 atom stereocenters. The molecule has 0 saturated heterocycles. The summed E-state index contributed by atoms with van der Waals surface area (Å²) in [6.07, 6.45) is 1.40. The number of ether oxygens (including phenoxy) is 2. The smallest absolute Gasteiger partial charge is 0.277 e. The lowest BCUT2D eigenvalue weighted by molar-refractivity contribution is -0.123. The maximum Gasteiger partial charge on any atom is 0.277 e. The number of benzene rings is 3. The van der Waals surface area contributed by atoms with E-state index < -0.39 is 17.6 Å². The van der Waals surface area contributed by atoms with E-state index in [2.05, 4.69) is 31.8 Å². The fraction of sp³-hybridized carbons (Fsp3) is 0.0870. The number of hydrogen-bond acceptors (Lipinski definition) is 5.